The second-order valence-corrected chi connectivity index (χ2v) is 4.22. The zero-order valence-corrected chi connectivity index (χ0v) is 10.7. The first-order valence-electron chi connectivity index (χ1n) is 6.31. The van der Waals surface area contributed by atoms with E-state index in [0.717, 1.165) is 11.3 Å². The second-order valence-electron chi connectivity index (χ2n) is 4.22. The molecule has 1 aliphatic rings. The summed E-state index contributed by atoms with van der Waals surface area (Å²) in [5.74, 6) is -0.427. The molecule has 0 saturated carbocycles. The van der Waals surface area contributed by atoms with Crippen molar-refractivity contribution in [3.8, 4) is 0 Å². The van der Waals surface area contributed by atoms with Gasteiger partial charge in [0, 0.05) is 17.5 Å². The van der Waals surface area contributed by atoms with Gasteiger partial charge in [0.25, 0.3) is 0 Å². The first kappa shape index (κ1) is 12.6. The average Bonchev–Trinajstić information content (AvgIpc) is 2.40. The molecule has 1 N–H and O–H groups in total. The van der Waals surface area contributed by atoms with Crippen molar-refractivity contribution in [2.45, 2.75) is 26.4 Å². The Morgan fingerprint density at radius 1 is 1.44 bits per heavy atom. The van der Waals surface area contributed by atoms with Gasteiger partial charge in [0.15, 0.2) is 0 Å². The summed E-state index contributed by atoms with van der Waals surface area (Å²) in [6.07, 6.45) is 2.29. The maximum atomic E-state index is 11.8. The van der Waals surface area contributed by atoms with Gasteiger partial charge in [-0.2, -0.15) is 0 Å². The number of hydrogen-bond donors (Lipinski definition) is 1. The smallest absolute Gasteiger partial charge is 0.313 e. The minimum Gasteiger partial charge on any atom is -0.466 e. The predicted molar refractivity (Wildman–Crippen MR) is 71.9 cm³/mol. The summed E-state index contributed by atoms with van der Waals surface area (Å²) < 4.78 is 5.08. The van der Waals surface area contributed by atoms with E-state index in [9.17, 15) is 4.79 Å². The minimum atomic E-state index is -0.241. The highest BCUT2D eigenvalue weighted by molar-refractivity contribution is 5.90. The van der Waals surface area contributed by atoms with Crippen molar-refractivity contribution in [1.82, 2.24) is 0 Å². The van der Waals surface area contributed by atoms with Gasteiger partial charge >= 0.3 is 5.97 Å². The van der Waals surface area contributed by atoms with Gasteiger partial charge < -0.3 is 10.1 Å². The molecule has 0 amide bonds. The Balaban J connectivity index is 2.14. The molecule has 0 aromatic heterocycles. The number of benzene rings is 1. The predicted octanol–water partition coefficient (Wildman–Crippen LogP) is 2.45. The quantitative estimate of drug-likeness (QED) is 0.830. The maximum absolute atomic E-state index is 11.8. The average molecular weight is 246 g/mol. The van der Waals surface area contributed by atoms with Crippen molar-refractivity contribution < 1.29 is 9.53 Å². The van der Waals surface area contributed by atoms with E-state index >= 15 is 0 Å². The van der Waals surface area contributed by atoms with E-state index in [1.165, 1.54) is 0 Å². The van der Waals surface area contributed by atoms with Crippen LogP contribution in [0.15, 0.2) is 29.3 Å². The zero-order chi connectivity index (χ0) is 13.0. The standard InChI is InChI=1S/C14H18N2O2/c1-3-11(14(17)18-4-2)13-15-9-10-7-5-6-8-12(10)16-13/h5-9,11,13,16H,3-4H2,1-2H3. The lowest BCUT2D eigenvalue weighted by molar-refractivity contribution is -0.148. The number of carbonyl (C=O) groups excluding carboxylic acids is 1. The number of nitrogens with one attached hydrogen (secondary N) is 1. The van der Waals surface area contributed by atoms with Gasteiger partial charge in [-0.05, 0) is 19.4 Å². The summed E-state index contributed by atoms with van der Waals surface area (Å²) in [7, 11) is 0. The van der Waals surface area contributed by atoms with Crippen molar-refractivity contribution in [3.63, 3.8) is 0 Å². The minimum absolute atomic E-state index is 0.186. The second kappa shape index (κ2) is 5.67. The molecule has 1 heterocycles. The van der Waals surface area contributed by atoms with Crippen LogP contribution in [0.2, 0.25) is 0 Å². The number of hydrogen-bond acceptors (Lipinski definition) is 4. The van der Waals surface area contributed by atoms with E-state index in [4.69, 9.17) is 4.74 Å². The fourth-order valence-electron chi connectivity index (χ4n) is 2.07. The molecule has 96 valence electrons. The number of nitrogens with zero attached hydrogens (tertiary/aromatic N) is 1. The number of fused-ring (bicyclic) bond motifs is 1. The third kappa shape index (κ3) is 2.53. The van der Waals surface area contributed by atoms with Crippen LogP contribution in [0.1, 0.15) is 25.8 Å². The third-order valence-corrected chi connectivity index (χ3v) is 3.05. The topological polar surface area (TPSA) is 50.7 Å². The Morgan fingerprint density at radius 3 is 2.94 bits per heavy atom. The first-order chi connectivity index (χ1) is 8.76. The Hall–Kier alpha value is -1.84. The van der Waals surface area contributed by atoms with Crippen LogP contribution in [0.5, 0.6) is 0 Å². The fourth-order valence-corrected chi connectivity index (χ4v) is 2.07. The van der Waals surface area contributed by atoms with Gasteiger partial charge in [-0.15, -0.1) is 0 Å². The highest BCUT2D eigenvalue weighted by atomic mass is 16.5. The lowest BCUT2D eigenvalue weighted by Crippen LogP contribution is -2.36. The van der Waals surface area contributed by atoms with Gasteiger partial charge in [-0.3, -0.25) is 9.79 Å². The van der Waals surface area contributed by atoms with Crippen LogP contribution in [0.25, 0.3) is 0 Å². The molecule has 0 fully saturated rings. The monoisotopic (exact) mass is 246 g/mol. The molecule has 0 spiro atoms. The Morgan fingerprint density at radius 2 is 2.22 bits per heavy atom. The van der Waals surface area contributed by atoms with Gasteiger partial charge in [-0.25, -0.2) is 0 Å². The van der Waals surface area contributed by atoms with Crippen LogP contribution in [0, 0.1) is 5.92 Å². The van der Waals surface area contributed by atoms with Crippen molar-refractivity contribution in [3.05, 3.63) is 29.8 Å². The Labute approximate surface area is 107 Å². The van der Waals surface area contributed by atoms with Crippen molar-refractivity contribution >= 4 is 17.9 Å². The molecule has 1 aromatic carbocycles. The summed E-state index contributed by atoms with van der Waals surface area (Å²) in [4.78, 5) is 16.3. The molecule has 2 unspecified atom stereocenters. The Bertz CT molecular complexity index is 457. The van der Waals surface area contributed by atoms with Crippen molar-refractivity contribution in [2.75, 3.05) is 11.9 Å². The molecule has 18 heavy (non-hydrogen) atoms. The number of aliphatic imine (C=N–C) groups is 1. The number of anilines is 1. The zero-order valence-electron chi connectivity index (χ0n) is 10.7. The molecule has 1 aliphatic heterocycles. The third-order valence-electron chi connectivity index (χ3n) is 3.05. The number of ether oxygens (including phenoxy) is 1. The largest absolute Gasteiger partial charge is 0.466 e. The van der Waals surface area contributed by atoms with Crippen molar-refractivity contribution in [1.29, 1.82) is 0 Å². The van der Waals surface area contributed by atoms with Crippen molar-refractivity contribution in [2.24, 2.45) is 10.9 Å². The number of carbonyl (C=O) groups is 1. The highest BCUT2D eigenvalue weighted by Crippen LogP contribution is 2.24. The fraction of sp³-hybridized carbons (Fsp3) is 0.429. The number of para-hydroxylation sites is 1. The normalized spacial score (nSPS) is 18.7. The number of esters is 1. The van der Waals surface area contributed by atoms with E-state index < -0.39 is 0 Å². The van der Waals surface area contributed by atoms with Crippen LogP contribution >= 0.6 is 0 Å². The Kier molecular flexibility index (Phi) is 3.97. The first-order valence-corrected chi connectivity index (χ1v) is 6.31. The summed E-state index contributed by atoms with van der Waals surface area (Å²) in [5, 5.41) is 3.29. The molecular formula is C14H18N2O2. The van der Waals surface area contributed by atoms with E-state index in [0.29, 0.717) is 13.0 Å². The molecule has 0 radical (unpaired) electrons. The van der Waals surface area contributed by atoms with E-state index in [-0.39, 0.29) is 18.1 Å². The summed E-state index contributed by atoms with van der Waals surface area (Å²) >= 11 is 0. The maximum Gasteiger partial charge on any atom is 0.313 e. The van der Waals surface area contributed by atoms with Crippen LogP contribution in [0.4, 0.5) is 5.69 Å². The van der Waals surface area contributed by atoms with Crippen LogP contribution in [-0.2, 0) is 9.53 Å². The van der Waals surface area contributed by atoms with Gasteiger partial charge in [0.1, 0.15) is 6.17 Å². The molecule has 0 bridgehead atoms. The lowest BCUT2D eigenvalue weighted by Gasteiger charge is -2.26. The van der Waals surface area contributed by atoms with Crippen LogP contribution < -0.4 is 5.32 Å². The SMILES string of the molecule is CCOC(=O)C(CC)C1N=Cc2ccccc2N1. The summed E-state index contributed by atoms with van der Waals surface area (Å²) in [5.41, 5.74) is 2.06. The van der Waals surface area contributed by atoms with Gasteiger partial charge in [0.05, 0.1) is 12.5 Å². The van der Waals surface area contributed by atoms with Gasteiger partial charge in [-0.1, -0.05) is 25.1 Å². The summed E-state index contributed by atoms with van der Waals surface area (Å²) in [6.45, 7) is 4.19. The molecule has 0 saturated heterocycles. The molecule has 0 aliphatic carbocycles. The highest BCUT2D eigenvalue weighted by Gasteiger charge is 2.29. The van der Waals surface area contributed by atoms with Gasteiger partial charge in [0.2, 0.25) is 0 Å². The molecule has 1 aromatic rings. The van der Waals surface area contributed by atoms with Crippen LogP contribution in [0.3, 0.4) is 0 Å². The summed E-state index contributed by atoms with van der Waals surface area (Å²) in [6, 6.07) is 7.92. The molecule has 4 heteroatoms. The van der Waals surface area contributed by atoms with E-state index in [1.54, 1.807) is 0 Å². The molecule has 2 rings (SSSR count). The lowest BCUT2D eigenvalue weighted by atomic mass is 10.0. The van der Waals surface area contributed by atoms with Crippen LogP contribution in [-0.4, -0.2) is 25.0 Å². The number of rotatable bonds is 4. The van der Waals surface area contributed by atoms with E-state index in [2.05, 4.69) is 10.3 Å². The molecule has 2 atom stereocenters. The van der Waals surface area contributed by atoms with E-state index in [1.807, 2.05) is 44.3 Å². The molecule has 4 nitrogen and oxygen atoms in total. The molecular weight excluding hydrogens is 228 g/mol.